The molecule has 1 aliphatic rings. The molecule has 13 heteroatoms. The molecule has 0 spiro atoms. The van der Waals surface area contributed by atoms with Gasteiger partial charge in [0.1, 0.15) is 12.1 Å². The molecule has 0 bridgehead atoms. The number of alkyl halides is 3. The van der Waals surface area contributed by atoms with E-state index in [4.69, 9.17) is 10.1 Å². The number of methoxy groups -OCH3 is 1. The molecule has 0 saturated carbocycles. The molecule has 4 aromatic rings. The molecule has 0 radical (unpaired) electrons. The van der Waals surface area contributed by atoms with E-state index in [1.807, 2.05) is 6.92 Å². The Labute approximate surface area is 228 Å². The number of hydrogen-bond acceptors (Lipinski definition) is 6. The number of rotatable bonds is 7. The van der Waals surface area contributed by atoms with Crippen molar-refractivity contribution in [1.29, 1.82) is 5.41 Å². The number of amides is 1. The van der Waals surface area contributed by atoms with Gasteiger partial charge >= 0.3 is 6.18 Å². The molecular weight excluding hydrogens is 525 g/mol. The van der Waals surface area contributed by atoms with E-state index in [9.17, 15) is 18.0 Å². The lowest BCUT2D eigenvalue weighted by Crippen LogP contribution is -2.40. The second kappa shape index (κ2) is 10.3. The summed E-state index contributed by atoms with van der Waals surface area (Å²) in [6.07, 6.45) is 0.139. The second-order valence-electron chi connectivity index (χ2n) is 9.67. The van der Waals surface area contributed by atoms with Crippen LogP contribution in [0, 0.1) is 5.41 Å². The number of ether oxygens (including phenoxy) is 1. The maximum atomic E-state index is 14.1. The van der Waals surface area contributed by atoms with E-state index < -0.39 is 17.9 Å². The molecule has 3 aromatic heterocycles. The number of aryl methyl sites for hydroxylation is 2. The molecule has 1 aromatic carbocycles. The predicted molar refractivity (Wildman–Crippen MR) is 138 cm³/mol. The van der Waals surface area contributed by atoms with Gasteiger partial charge in [0, 0.05) is 49.7 Å². The molecule has 1 atom stereocenters. The number of aromatic nitrogens is 6. The SMILES string of the molecule is CCn1cc(-c2cc(Cn3cnn(C)c3=N)cc3c2CCN([C@@H](C)c2cc(OC)ccn2)C3=O)c(C(F)(F)F)n1. The lowest BCUT2D eigenvalue weighted by Gasteiger charge is -2.34. The normalized spacial score (nSPS) is 14.4. The minimum Gasteiger partial charge on any atom is -0.497 e. The van der Waals surface area contributed by atoms with Gasteiger partial charge in [0.15, 0.2) is 5.69 Å². The minimum atomic E-state index is -4.68. The van der Waals surface area contributed by atoms with Crippen LogP contribution in [0.4, 0.5) is 13.2 Å². The van der Waals surface area contributed by atoms with Crippen LogP contribution in [-0.4, -0.2) is 53.6 Å². The topological polar surface area (TPSA) is 107 Å². The number of nitrogens with one attached hydrogen (secondary N) is 1. The third-order valence-corrected chi connectivity index (χ3v) is 7.23. The lowest BCUT2D eigenvalue weighted by molar-refractivity contribution is -0.141. The van der Waals surface area contributed by atoms with Crippen molar-refractivity contribution in [3.63, 3.8) is 0 Å². The van der Waals surface area contributed by atoms with Crippen LogP contribution in [0.3, 0.4) is 0 Å². The highest BCUT2D eigenvalue weighted by atomic mass is 19.4. The first-order chi connectivity index (χ1) is 19.0. The third-order valence-electron chi connectivity index (χ3n) is 7.23. The number of carbonyl (C=O) groups excluding carboxylic acids is 1. The van der Waals surface area contributed by atoms with Crippen molar-refractivity contribution in [2.75, 3.05) is 13.7 Å². The van der Waals surface area contributed by atoms with E-state index in [1.165, 1.54) is 21.9 Å². The van der Waals surface area contributed by atoms with Crippen molar-refractivity contribution in [2.45, 2.75) is 45.6 Å². The van der Waals surface area contributed by atoms with Crippen molar-refractivity contribution in [3.05, 3.63) is 76.7 Å². The number of fused-ring (bicyclic) bond motifs is 1. The van der Waals surface area contributed by atoms with E-state index >= 15 is 0 Å². The van der Waals surface area contributed by atoms with Crippen molar-refractivity contribution < 1.29 is 22.7 Å². The van der Waals surface area contributed by atoms with Crippen LogP contribution in [0.15, 0.2) is 43.0 Å². The molecule has 0 aliphatic carbocycles. The minimum absolute atomic E-state index is 0.0708. The van der Waals surface area contributed by atoms with E-state index in [0.29, 0.717) is 46.7 Å². The first kappa shape index (κ1) is 27.2. The van der Waals surface area contributed by atoms with Crippen LogP contribution in [0.5, 0.6) is 5.75 Å². The zero-order valence-corrected chi connectivity index (χ0v) is 22.5. The van der Waals surface area contributed by atoms with E-state index in [0.717, 1.165) is 0 Å². The monoisotopic (exact) mass is 554 g/mol. The largest absolute Gasteiger partial charge is 0.497 e. The van der Waals surface area contributed by atoms with Crippen LogP contribution in [0.2, 0.25) is 0 Å². The number of pyridine rings is 1. The number of nitrogens with zero attached hydrogens (tertiary/aromatic N) is 7. The Balaban J connectivity index is 1.65. The molecule has 0 saturated heterocycles. The summed E-state index contributed by atoms with van der Waals surface area (Å²) in [6.45, 7) is 4.29. The summed E-state index contributed by atoms with van der Waals surface area (Å²) in [5.41, 5.74) is 1.43. The standard InChI is InChI=1S/C27H29F3N8O2/c1-5-37-14-22(24(34-37)27(28,29)30)20-10-17(13-36-15-33-35(3)26(36)31)11-21-19(20)7-9-38(25(21)39)16(2)23-12-18(40-4)6-8-32-23/h6,8,10-12,14-16,31H,5,7,9,13H2,1-4H3/t16-/m0/s1. The van der Waals surface area contributed by atoms with Crippen LogP contribution in [0.1, 0.15) is 52.8 Å². The van der Waals surface area contributed by atoms with Gasteiger partial charge in [0.2, 0.25) is 5.62 Å². The molecule has 40 heavy (non-hydrogen) atoms. The van der Waals surface area contributed by atoms with Gasteiger partial charge in [-0.25, -0.2) is 4.68 Å². The molecule has 1 amide bonds. The van der Waals surface area contributed by atoms with Gasteiger partial charge in [-0.3, -0.25) is 24.4 Å². The zero-order chi connectivity index (χ0) is 28.8. The van der Waals surface area contributed by atoms with Crippen LogP contribution in [-0.2, 0) is 32.7 Å². The van der Waals surface area contributed by atoms with Gasteiger partial charge in [-0.15, -0.1) is 0 Å². The molecule has 0 fully saturated rings. The van der Waals surface area contributed by atoms with Crippen molar-refractivity contribution >= 4 is 5.91 Å². The molecule has 4 heterocycles. The zero-order valence-electron chi connectivity index (χ0n) is 22.5. The number of benzene rings is 1. The van der Waals surface area contributed by atoms with Gasteiger partial charge in [0.25, 0.3) is 5.91 Å². The van der Waals surface area contributed by atoms with Crippen LogP contribution >= 0.6 is 0 Å². The molecule has 1 aliphatic heterocycles. The maximum absolute atomic E-state index is 14.1. The van der Waals surface area contributed by atoms with Crippen LogP contribution < -0.4 is 10.4 Å². The third kappa shape index (κ3) is 4.87. The van der Waals surface area contributed by atoms with Crippen LogP contribution in [0.25, 0.3) is 11.1 Å². The van der Waals surface area contributed by atoms with E-state index in [-0.39, 0.29) is 30.2 Å². The summed E-state index contributed by atoms with van der Waals surface area (Å²) in [5, 5.41) is 16.1. The van der Waals surface area contributed by atoms with Gasteiger partial charge in [-0.05, 0) is 55.2 Å². The summed E-state index contributed by atoms with van der Waals surface area (Å²) >= 11 is 0. The highest BCUT2D eigenvalue weighted by molar-refractivity contribution is 5.99. The lowest BCUT2D eigenvalue weighted by atomic mass is 9.87. The molecule has 5 rings (SSSR count). The Morgan fingerprint density at radius 2 is 1.93 bits per heavy atom. The average molecular weight is 555 g/mol. The first-order valence-corrected chi connectivity index (χ1v) is 12.8. The summed E-state index contributed by atoms with van der Waals surface area (Å²) < 4.78 is 51.8. The summed E-state index contributed by atoms with van der Waals surface area (Å²) in [6, 6.07) is 6.45. The van der Waals surface area contributed by atoms with E-state index in [1.54, 1.807) is 61.0 Å². The molecule has 210 valence electrons. The van der Waals surface area contributed by atoms with Gasteiger partial charge in [-0.1, -0.05) is 0 Å². The number of carbonyl (C=O) groups is 1. The van der Waals surface area contributed by atoms with Crippen molar-refractivity contribution in [3.8, 4) is 16.9 Å². The summed E-state index contributed by atoms with van der Waals surface area (Å²) in [4.78, 5) is 20.0. The molecular formula is C27H29F3N8O2. The molecule has 10 nitrogen and oxygen atoms in total. The fourth-order valence-corrected chi connectivity index (χ4v) is 5.06. The van der Waals surface area contributed by atoms with E-state index in [2.05, 4.69) is 15.2 Å². The Hall–Kier alpha value is -4.42. The first-order valence-electron chi connectivity index (χ1n) is 12.8. The fourth-order valence-electron chi connectivity index (χ4n) is 5.06. The average Bonchev–Trinajstić information content (AvgIpc) is 3.52. The summed E-state index contributed by atoms with van der Waals surface area (Å²) in [5.74, 6) is 0.304. The molecule has 1 N–H and O–H groups in total. The van der Waals surface area contributed by atoms with Gasteiger partial charge < -0.3 is 9.64 Å². The predicted octanol–water partition coefficient (Wildman–Crippen LogP) is 3.81. The fraction of sp³-hybridized carbons (Fsp3) is 0.370. The van der Waals surface area contributed by atoms with Crippen molar-refractivity contribution in [1.82, 2.24) is 34.0 Å². The van der Waals surface area contributed by atoms with Gasteiger partial charge in [0.05, 0.1) is 25.4 Å². The number of halogens is 3. The Bertz CT molecular complexity index is 1640. The second-order valence-corrected chi connectivity index (χ2v) is 9.67. The Morgan fingerprint density at radius 3 is 2.58 bits per heavy atom. The quantitative estimate of drug-likeness (QED) is 0.374. The van der Waals surface area contributed by atoms with Gasteiger partial charge in [-0.2, -0.15) is 23.4 Å². The highest BCUT2D eigenvalue weighted by Gasteiger charge is 2.39. The van der Waals surface area contributed by atoms with Crippen molar-refractivity contribution in [2.24, 2.45) is 7.05 Å². The summed E-state index contributed by atoms with van der Waals surface area (Å²) in [7, 11) is 3.18. The smallest absolute Gasteiger partial charge is 0.435 e. The highest BCUT2D eigenvalue weighted by Crippen LogP contribution is 2.40. The number of hydrogen-bond donors (Lipinski definition) is 1. The maximum Gasteiger partial charge on any atom is 0.435 e. The Morgan fingerprint density at radius 1 is 1.18 bits per heavy atom. The molecule has 0 unspecified atom stereocenters. The Kier molecular flexibility index (Phi) is 6.98.